The molecule has 0 spiro atoms. The number of hydrogen-bond donors (Lipinski definition) is 4. The van der Waals surface area contributed by atoms with Gasteiger partial charge in [0.05, 0.1) is 20.3 Å². The summed E-state index contributed by atoms with van der Waals surface area (Å²) < 4.78 is 22.8. The van der Waals surface area contributed by atoms with E-state index in [2.05, 4.69) is 9.84 Å². The van der Waals surface area contributed by atoms with Crippen LogP contribution < -0.4 is 9.47 Å². The molecule has 194 valence electrons. The van der Waals surface area contributed by atoms with E-state index in [4.69, 9.17) is 14.2 Å². The predicted octanol–water partition coefficient (Wildman–Crippen LogP) is 0.484. The molecule has 0 aliphatic carbocycles. The molecule has 11 nitrogen and oxygen atoms in total. The first kappa shape index (κ1) is 26.9. The fraction of sp³-hybridized carbons (Fsp3) is 0.583. The zero-order chi connectivity index (χ0) is 25.9. The number of aliphatic hydroxyl groups excluding tert-OH is 3. The van der Waals surface area contributed by atoms with Gasteiger partial charge in [-0.1, -0.05) is 12.1 Å². The van der Waals surface area contributed by atoms with Crippen LogP contribution in [-0.4, -0.2) is 86.7 Å². The molecule has 1 fully saturated rings. The van der Waals surface area contributed by atoms with Gasteiger partial charge in [-0.25, -0.2) is 4.79 Å². The third-order valence-electron chi connectivity index (χ3n) is 6.04. The summed E-state index contributed by atoms with van der Waals surface area (Å²) >= 11 is 0. The van der Waals surface area contributed by atoms with Crippen molar-refractivity contribution in [3.05, 3.63) is 41.1 Å². The molecule has 2 heterocycles. The van der Waals surface area contributed by atoms with Crippen molar-refractivity contribution in [3.8, 4) is 11.6 Å². The molecule has 5 atom stereocenters. The lowest BCUT2D eigenvalue weighted by molar-refractivity contribution is -0.272. The van der Waals surface area contributed by atoms with Gasteiger partial charge in [-0.2, -0.15) is 0 Å². The Hall–Kier alpha value is -2.70. The molecule has 1 aromatic carbocycles. The van der Waals surface area contributed by atoms with Crippen molar-refractivity contribution in [2.45, 2.75) is 70.4 Å². The van der Waals surface area contributed by atoms with Crippen molar-refractivity contribution in [1.82, 2.24) is 9.78 Å². The standard InChI is InChI=1S/C24H34N2O9/c1-6-33-16-9-7-15(8-10-16)11-17-14(4)26(13(2)3)25-21(17)35-22(29)19-18(27)20(28)24(31,12-34-19)23(30)32-5/h7-10,13,18-20,22,27-29,31H,6,11-12H2,1-5H3/t18-,19+,20+,22?,24+/m1/s1. The van der Waals surface area contributed by atoms with E-state index in [1.54, 1.807) is 4.68 Å². The number of carbonyl (C=O) groups excluding carboxylic acids is 1. The highest BCUT2D eigenvalue weighted by Gasteiger charge is 2.56. The van der Waals surface area contributed by atoms with Crippen molar-refractivity contribution >= 4 is 5.97 Å². The topological polar surface area (TPSA) is 153 Å². The number of rotatable bonds is 9. The first-order valence-electron chi connectivity index (χ1n) is 11.5. The lowest BCUT2D eigenvalue weighted by Crippen LogP contribution is -2.67. The Morgan fingerprint density at radius 3 is 2.51 bits per heavy atom. The molecule has 1 aliphatic rings. The van der Waals surface area contributed by atoms with Gasteiger partial charge in [0.25, 0.3) is 0 Å². The zero-order valence-corrected chi connectivity index (χ0v) is 20.5. The number of hydrogen-bond acceptors (Lipinski definition) is 10. The second kappa shape index (κ2) is 10.9. The number of carbonyl (C=O) groups is 1. The SMILES string of the molecule is CCOc1ccc(Cc2c(OC(O)[C@H]3OC[C@@](O)(C(=O)OC)[C@@H](O)[C@@H]3O)nn(C(C)C)c2C)cc1. The van der Waals surface area contributed by atoms with Crippen LogP contribution in [-0.2, 0) is 20.7 Å². The Bertz CT molecular complexity index is 1010. The van der Waals surface area contributed by atoms with Gasteiger partial charge in [0.15, 0.2) is 0 Å². The molecular formula is C24H34N2O9. The van der Waals surface area contributed by atoms with E-state index in [9.17, 15) is 25.2 Å². The lowest BCUT2D eigenvalue weighted by Gasteiger charge is -2.42. The summed E-state index contributed by atoms with van der Waals surface area (Å²) in [6.45, 7) is 7.58. The number of ether oxygens (including phenoxy) is 4. The second-order valence-electron chi connectivity index (χ2n) is 8.80. The number of aliphatic hydroxyl groups is 4. The first-order valence-corrected chi connectivity index (χ1v) is 11.5. The van der Waals surface area contributed by atoms with Gasteiger partial charge in [0.1, 0.15) is 24.1 Å². The highest BCUT2D eigenvalue weighted by molar-refractivity contribution is 5.80. The van der Waals surface area contributed by atoms with Crippen LogP contribution in [0.5, 0.6) is 11.6 Å². The molecule has 1 aliphatic heterocycles. The molecule has 11 heteroatoms. The van der Waals surface area contributed by atoms with E-state index >= 15 is 0 Å². The average Bonchev–Trinajstić information content (AvgIpc) is 3.13. The Balaban J connectivity index is 1.83. The summed E-state index contributed by atoms with van der Waals surface area (Å²) in [5, 5.41) is 46.4. The van der Waals surface area contributed by atoms with E-state index in [1.165, 1.54) is 0 Å². The molecule has 0 saturated carbocycles. The van der Waals surface area contributed by atoms with Crippen LogP contribution in [0.1, 0.15) is 43.6 Å². The summed E-state index contributed by atoms with van der Waals surface area (Å²) in [7, 11) is 1.03. The highest BCUT2D eigenvalue weighted by Crippen LogP contribution is 2.31. The minimum atomic E-state index is -2.47. The van der Waals surface area contributed by atoms with Crippen LogP contribution in [0.3, 0.4) is 0 Å². The van der Waals surface area contributed by atoms with Gasteiger partial charge in [-0.3, -0.25) is 4.68 Å². The molecule has 0 bridgehead atoms. The zero-order valence-electron chi connectivity index (χ0n) is 20.5. The van der Waals surface area contributed by atoms with Gasteiger partial charge in [0.2, 0.25) is 17.8 Å². The maximum absolute atomic E-state index is 11.9. The predicted molar refractivity (Wildman–Crippen MR) is 123 cm³/mol. The molecule has 4 N–H and O–H groups in total. The number of esters is 1. The summed E-state index contributed by atoms with van der Waals surface area (Å²) in [6, 6.07) is 7.60. The van der Waals surface area contributed by atoms with Crippen LogP contribution >= 0.6 is 0 Å². The second-order valence-corrected chi connectivity index (χ2v) is 8.80. The van der Waals surface area contributed by atoms with E-state index in [0.29, 0.717) is 13.0 Å². The molecule has 35 heavy (non-hydrogen) atoms. The van der Waals surface area contributed by atoms with Gasteiger partial charge >= 0.3 is 5.97 Å². The van der Waals surface area contributed by atoms with Gasteiger partial charge < -0.3 is 39.4 Å². The summed E-state index contributed by atoms with van der Waals surface area (Å²) in [4.78, 5) is 11.9. The molecule has 2 aromatic rings. The smallest absolute Gasteiger partial charge is 0.343 e. The van der Waals surface area contributed by atoms with Crippen molar-refractivity contribution in [1.29, 1.82) is 0 Å². The van der Waals surface area contributed by atoms with Crippen molar-refractivity contribution in [3.63, 3.8) is 0 Å². The van der Waals surface area contributed by atoms with Crippen molar-refractivity contribution < 1.29 is 44.2 Å². The number of methoxy groups -OCH3 is 1. The molecule has 1 aromatic heterocycles. The Labute approximate surface area is 203 Å². The Morgan fingerprint density at radius 2 is 1.94 bits per heavy atom. The summed E-state index contributed by atoms with van der Waals surface area (Å²) in [6.07, 6.45) is -6.57. The summed E-state index contributed by atoms with van der Waals surface area (Å²) in [5.74, 6) is -0.273. The molecular weight excluding hydrogens is 460 g/mol. The van der Waals surface area contributed by atoms with Crippen LogP contribution in [0, 0.1) is 6.92 Å². The third kappa shape index (κ3) is 5.44. The van der Waals surface area contributed by atoms with Gasteiger partial charge in [-0.05, 0) is 45.4 Å². The number of aromatic nitrogens is 2. The maximum atomic E-state index is 11.9. The number of benzene rings is 1. The largest absolute Gasteiger partial charge is 0.494 e. The summed E-state index contributed by atoms with van der Waals surface area (Å²) in [5.41, 5.74) is 0.0470. The molecule has 3 rings (SSSR count). The van der Waals surface area contributed by atoms with Crippen LogP contribution in [0.15, 0.2) is 24.3 Å². The first-order chi connectivity index (χ1) is 16.5. The lowest BCUT2D eigenvalue weighted by atomic mass is 9.87. The van der Waals surface area contributed by atoms with Crippen LogP contribution in [0.4, 0.5) is 0 Å². The van der Waals surface area contributed by atoms with E-state index in [0.717, 1.165) is 29.7 Å². The molecule has 1 unspecified atom stereocenters. The fourth-order valence-corrected chi connectivity index (χ4v) is 4.06. The Morgan fingerprint density at radius 1 is 1.29 bits per heavy atom. The van der Waals surface area contributed by atoms with E-state index in [-0.39, 0.29) is 11.9 Å². The third-order valence-corrected chi connectivity index (χ3v) is 6.04. The average molecular weight is 495 g/mol. The van der Waals surface area contributed by atoms with Gasteiger partial charge in [-0.15, -0.1) is 5.10 Å². The van der Waals surface area contributed by atoms with Gasteiger partial charge in [0, 0.05) is 23.7 Å². The highest BCUT2D eigenvalue weighted by atomic mass is 16.6. The molecule has 0 radical (unpaired) electrons. The quantitative estimate of drug-likeness (QED) is 0.286. The monoisotopic (exact) mass is 494 g/mol. The Kier molecular flexibility index (Phi) is 8.39. The van der Waals surface area contributed by atoms with Crippen molar-refractivity contribution in [2.24, 2.45) is 0 Å². The maximum Gasteiger partial charge on any atom is 0.343 e. The van der Waals surface area contributed by atoms with Crippen molar-refractivity contribution in [2.75, 3.05) is 20.3 Å². The minimum absolute atomic E-state index is 0.0111. The molecule has 0 amide bonds. The fourth-order valence-electron chi connectivity index (χ4n) is 4.06. The normalized spacial score (nSPS) is 25.4. The van der Waals surface area contributed by atoms with Crippen LogP contribution in [0.2, 0.25) is 0 Å². The minimum Gasteiger partial charge on any atom is -0.494 e. The van der Waals surface area contributed by atoms with Crippen LogP contribution in [0.25, 0.3) is 0 Å². The van der Waals surface area contributed by atoms with E-state index < -0.39 is 42.8 Å². The molecule has 1 saturated heterocycles. The van der Waals surface area contributed by atoms with E-state index in [1.807, 2.05) is 52.0 Å². The number of nitrogens with zero attached hydrogens (tertiary/aromatic N) is 2.